The number of H-pyrrole nitrogens is 1. The zero-order valence-electron chi connectivity index (χ0n) is 16.9. The van der Waals surface area contributed by atoms with E-state index in [-0.39, 0.29) is 32.9 Å². The number of carboxylic acid groups (broad SMARTS) is 1. The SMILES string of the molecule is Cc1[nH]c(C(=O)N[C@@H]2CCN(c3nc(-c4ncnn4C)c(C(=O)O)s3)C[C@@H]2F)c(Cl)c1Cl. The lowest BCUT2D eigenvalue weighted by Gasteiger charge is -2.34. The van der Waals surface area contributed by atoms with Gasteiger partial charge in [0.25, 0.3) is 5.91 Å². The van der Waals surface area contributed by atoms with Gasteiger partial charge in [0.15, 0.2) is 11.0 Å². The summed E-state index contributed by atoms with van der Waals surface area (Å²) in [4.78, 5) is 37.1. The number of carbonyl (C=O) groups excluding carboxylic acids is 1. The number of carboxylic acids is 1. The van der Waals surface area contributed by atoms with Crippen LogP contribution in [0.25, 0.3) is 11.5 Å². The molecular formula is C18H18Cl2FN7O3S. The van der Waals surface area contributed by atoms with Crippen LogP contribution in [0.4, 0.5) is 9.52 Å². The first kappa shape index (κ1) is 22.5. The minimum Gasteiger partial charge on any atom is -0.477 e. The third kappa shape index (κ3) is 4.05. The van der Waals surface area contributed by atoms with Gasteiger partial charge in [-0.3, -0.25) is 4.79 Å². The Kier molecular flexibility index (Phi) is 6.10. The van der Waals surface area contributed by atoms with Gasteiger partial charge < -0.3 is 20.3 Å². The predicted molar refractivity (Wildman–Crippen MR) is 118 cm³/mol. The van der Waals surface area contributed by atoms with Crippen LogP contribution in [0.15, 0.2) is 6.33 Å². The maximum Gasteiger partial charge on any atom is 0.348 e. The van der Waals surface area contributed by atoms with E-state index in [1.807, 2.05) is 0 Å². The number of hydrogen-bond acceptors (Lipinski definition) is 7. The Balaban J connectivity index is 1.49. The number of aryl methyl sites for hydroxylation is 2. The van der Waals surface area contributed by atoms with Gasteiger partial charge in [0.2, 0.25) is 0 Å². The monoisotopic (exact) mass is 501 g/mol. The van der Waals surface area contributed by atoms with E-state index in [0.29, 0.717) is 29.6 Å². The van der Waals surface area contributed by atoms with E-state index < -0.39 is 24.1 Å². The van der Waals surface area contributed by atoms with E-state index in [9.17, 15) is 19.1 Å². The summed E-state index contributed by atoms with van der Waals surface area (Å²) in [5.41, 5.74) is 0.810. The zero-order valence-corrected chi connectivity index (χ0v) is 19.2. The number of carbonyl (C=O) groups is 2. The third-order valence-corrected chi connectivity index (χ3v) is 7.19. The van der Waals surface area contributed by atoms with E-state index in [1.165, 1.54) is 11.0 Å². The van der Waals surface area contributed by atoms with Crippen LogP contribution in [-0.2, 0) is 7.05 Å². The molecule has 0 bridgehead atoms. The van der Waals surface area contributed by atoms with Crippen molar-refractivity contribution in [2.45, 2.75) is 25.6 Å². The lowest BCUT2D eigenvalue weighted by Crippen LogP contribution is -2.52. The molecule has 3 aromatic rings. The van der Waals surface area contributed by atoms with Crippen molar-refractivity contribution in [2.24, 2.45) is 7.05 Å². The number of thiazole rings is 1. The highest BCUT2D eigenvalue weighted by Crippen LogP contribution is 2.34. The Morgan fingerprint density at radius 2 is 2.12 bits per heavy atom. The minimum absolute atomic E-state index is 0.00410. The maximum absolute atomic E-state index is 15.0. The Morgan fingerprint density at radius 3 is 2.69 bits per heavy atom. The molecule has 1 aliphatic heterocycles. The van der Waals surface area contributed by atoms with Gasteiger partial charge in [0.1, 0.15) is 28.8 Å². The first-order valence-electron chi connectivity index (χ1n) is 9.49. The van der Waals surface area contributed by atoms with Crippen LogP contribution in [0.3, 0.4) is 0 Å². The van der Waals surface area contributed by atoms with Crippen molar-refractivity contribution in [1.82, 2.24) is 30.0 Å². The summed E-state index contributed by atoms with van der Waals surface area (Å²) in [6.07, 6.45) is 0.184. The molecule has 0 saturated carbocycles. The van der Waals surface area contributed by atoms with E-state index in [4.69, 9.17) is 23.2 Å². The highest BCUT2D eigenvalue weighted by atomic mass is 35.5. The highest BCUT2D eigenvalue weighted by Gasteiger charge is 2.34. The number of aromatic carboxylic acids is 1. The topological polar surface area (TPSA) is 129 Å². The van der Waals surface area contributed by atoms with Gasteiger partial charge in [-0.25, -0.2) is 23.8 Å². The minimum atomic E-state index is -1.41. The van der Waals surface area contributed by atoms with Crippen LogP contribution in [0.1, 0.15) is 32.3 Å². The average molecular weight is 502 g/mol. The molecule has 3 N–H and O–H groups in total. The largest absolute Gasteiger partial charge is 0.477 e. The molecule has 1 aliphatic rings. The molecule has 0 unspecified atom stereocenters. The molecule has 0 spiro atoms. The Bertz CT molecular complexity index is 1190. The number of amides is 1. The van der Waals surface area contributed by atoms with Crippen LogP contribution < -0.4 is 10.2 Å². The molecule has 32 heavy (non-hydrogen) atoms. The number of nitrogens with zero attached hydrogens (tertiary/aromatic N) is 5. The standard InChI is InChI=1S/C18H18Cl2FN7O3S/c1-7-10(19)11(20)12(24-7)16(29)25-9-3-4-28(5-8(9)21)18-26-13(14(32-18)17(30)31)15-22-6-23-27(15)2/h6,8-9,24H,3-5H2,1-2H3,(H,25,29)(H,30,31)/t8-,9+/m0/s1. The number of nitrogens with one attached hydrogen (secondary N) is 2. The molecule has 1 saturated heterocycles. The van der Waals surface area contributed by atoms with E-state index in [1.54, 1.807) is 18.9 Å². The third-order valence-electron chi connectivity index (χ3n) is 5.14. The predicted octanol–water partition coefficient (Wildman–Crippen LogP) is 2.93. The molecule has 170 valence electrons. The van der Waals surface area contributed by atoms with Gasteiger partial charge in [-0.1, -0.05) is 34.5 Å². The second-order valence-corrected chi connectivity index (χ2v) is 9.00. The number of alkyl halides is 1. The molecular weight excluding hydrogens is 484 g/mol. The van der Waals surface area contributed by atoms with Crippen LogP contribution in [-0.4, -0.2) is 67.0 Å². The molecule has 10 nitrogen and oxygen atoms in total. The molecule has 4 heterocycles. The molecule has 2 atom stereocenters. The number of hydrogen-bond donors (Lipinski definition) is 3. The van der Waals surface area contributed by atoms with Crippen molar-refractivity contribution in [3.05, 3.63) is 32.6 Å². The van der Waals surface area contributed by atoms with Gasteiger partial charge >= 0.3 is 5.97 Å². The van der Waals surface area contributed by atoms with Crippen molar-refractivity contribution in [3.8, 4) is 11.5 Å². The summed E-state index contributed by atoms with van der Waals surface area (Å²) >= 11 is 13.0. The van der Waals surface area contributed by atoms with Gasteiger partial charge in [-0.15, -0.1) is 0 Å². The lowest BCUT2D eigenvalue weighted by molar-refractivity contribution is 0.0702. The molecule has 4 rings (SSSR count). The molecule has 1 amide bonds. The number of aromatic nitrogens is 5. The summed E-state index contributed by atoms with van der Waals surface area (Å²) < 4.78 is 16.4. The summed E-state index contributed by atoms with van der Waals surface area (Å²) in [5.74, 6) is -1.39. The number of piperidine rings is 1. The number of anilines is 1. The fourth-order valence-electron chi connectivity index (χ4n) is 3.46. The molecule has 14 heteroatoms. The zero-order chi connectivity index (χ0) is 23.2. The summed E-state index contributed by atoms with van der Waals surface area (Å²) in [6, 6.07) is -0.741. The smallest absolute Gasteiger partial charge is 0.348 e. The first-order valence-corrected chi connectivity index (χ1v) is 11.1. The average Bonchev–Trinajstić information content (AvgIpc) is 3.43. The van der Waals surface area contributed by atoms with Gasteiger partial charge in [-0.05, 0) is 13.3 Å². The molecule has 0 radical (unpaired) electrons. The van der Waals surface area contributed by atoms with Crippen LogP contribution in [0.2, 0.25) is 10.0 Å². The van der Waals surface area contributed by atoms with E-state index in [2.05, 4.69) is 25.4 Å². The Morgan fingerprint density at radius 1 is 1.38 bits per heavy atom. The van der Waals surface area contributed by atoms with Crippen molar-refractivity contribution < 1.29 is 19.1 Å². The fourth-order valence-corrected chi connectivity index (χ4v) is 4.81. The first-order chi connectivity index (χ1) is 15.2. The van der Waals surface area contributed by atoms with Crippen molar-refractivity contribution in [3.63, 3.8) is 0 Å². The quantitative estimate of drug-likeness (QED) is 0.489. The lowest BCUT2D eigenvalue weighted by atomic mass is 10.0. The summed E-state index contributed by atoms with van der Waals surface area (Å²) in [6.45, 7) is 1.98. The summed E-state index contributed by atoms with van der Waals surface area (Å²) in [5, 5.41) is 16.9. The van der Waals surface area contributed by atoms with Gasteiger partial charge in [-0.2, -0.15) is 5.10 Å². The second-order valence-electron chi connectivity index (χ2n) is 7.27. The van der Waals surface area contributed by atoms with Crippen molar-refractivity contribution in [2.75, 3.05) is 18.0 Å². The van der Waals surface area contributed by atoms with Crippen molar-refractivity contribution >= 4 is 51.5 Å². The molecule has 0 aliphatic carbocycles. The van der Waals surface area contributed by atoms with E-state index >= 15 is 0 Å². The Labute approximate surface area is 195 Å². The summed E-state index contributed by atoms with van der Waals surface area (Å²) in [7, 11) is 1.63. The number of halogens is 3. The van der Waals surface area contributed by atoms with Gasteiger partial charge in [0.05, 0.1) is 22.6 Å². The van der Waals surface area contributed by atoms with Crippen LogP contribution in [0.5, 0.6) is 0 Å². The maximum atomic E-state index is 15.0. The van der Waals surface area contributed by atoms with E-state index in [0.717, 1.165) is 11.3 Å². The molecule has 3 aromatic heterocycles. The second kappa shape index (κ2) is 8.68. The Hall–Kier alpha value is -2.70. The molecule has 0 aromatic carbocycles. The highest BCUT2D eigenvalue weighted by molar-refractivity contribution is 7.17. The van der Waals surface area contributed by atoms with Crippen LogP contribution >= 0.6 is 34.5 Å². The number of rotatable bonds is 5. The molecule has 1 fully saturated rings. The number of aromatic amines is 1. The normalized spacial score (nSPS) is 18.7. The van der Waals surface area contributed by atoms with Crippen LogP contribution in [0, 0.1) is 6.92 Å². The van der Waals surface area contributed by atoms with Gasteiger partial charge in [0, 0.05) is 19.3 Å². The van der Waals surface area contributed by atoms with Crippen molar-refractivity contribution in [1.29, 1.82) is 0 Å². The fraction of sp³-hybridized carbons (Fsp3) is 0.389.